The van der Waals surface area contributed by atoms with Crippen molar-refractivity contribution in [2.24, 2.45) is 0 Å². The smallest absolute Gasteiger partial charge is 0.339 e. The van der Waals surface area contributed by atoms with Crippen molar-refractivity contribution in [3.63, 3.8) is 0 Å². The molecule has 0 aliphatic heterocycles. The molecule has 7 nitrogen and oxygen atoms in total. The maximum atomic E-state index is 11.5. The van der Waals surface area contributed by atoms with Crippen LogP contribution < -0.4 is 5.69 Å². The van der Waals surface area contributed by atoms with Crippen molar-refractivity contribution in [2.75, 3.05) is 5.75 Å². The molecule has 0 radical (unpaired) electrons. The summed E-state index contributed by atoms with van der Waals surface area (Å²) in [6, 6.07) is 7.30. The van der Waals surface area contributed by atoms with Gasteiger partial charge in [0.1, 0.15) is 0 Å². The van der Waals surface area contributed by atoms with Gasteiger partial charge in [-0.15, -0.1) is 5.10 Å². The van der Waals surface area contributed by atoms with Gasteiger partial charge in [0.25, 0.3) is 0 Å². The van der Waals surface area contributed by atoms with Crippen LogP contribution >= 0.6 is 23.4 Å². The van der Waals surface area contributed by atoms with Gasteiger partial charge in [-0.3, -0.25) is 4.57 Å². The van der Waals surface area contributed by atoms with Gasteiger partial charge >= 0.3 is 5.69 Å². The SMILES string of the molecule is CCn1c(SCCCc2nc(-c3ccc(Cl)cc3)no2)n[nH]c1=O. The van der Waals surface area contributed by atoms with Gasteiger partial charge in [0.15, 0.2) is 5.16 Å². The Morgan fingerprint density at radius 2 is 2.12 bits per heavy atom. The molecular formula is C15H16ClN5O2S. The molecule has 3 aromatic rings. The van der Waals surface area contributed by atoms with Crippen molar-refractivity contribution < 1.29 is 4.52 Å². The normalized spacial score (nSPS) is 11.1. The number of nitrogens with zero attached hydrogens (tertiary/aromatic N) is 4. The first-order valence-corrected chi connectivity index (χ1v) is 8.90. The minimum Gasteiger partial charge on any atom is -0.339 e. The van der Waals surface area contributed by atoms with E-state index in [4.69, 9.17) is 16.1 Å². The molecule has 0 atom stereocenters. The summed E-state index contributed by atoms with van der Waals surface area (Å²) in [5.74, 6) is 1.96. The number of halogens is 1. The highest BCUT2D eigenvalue weighted by Crippen LogP contribution is 2.20. The summed E-state index contributed by atoms with van der Waals surface area (Å²) in [4.78, 5) is 15.9. The van der Waals surface area contributed by atoms with Crippen molar-refractivity contribution >= 4 is 23.4 Å². The van der Waals surface area contributed by atoms with Gasteiger partial charge in [-0.25, -0.2) is 9.89 Å². The zero-order valence-corrected chi connectivity index (χ0v) is 14.6. The van der Waals surface area contributed by atoms with Crippen LogP contribution in [0.1, 0.15) is 19.2 Å². The van der Waals surface area contributed by atoms with E-state index in [1.807, 2.05) is 19.1 Å². The third kappa shape index (κ3) is 3.88. The topological polar surface area (TPSA) is 89.6 Å². The average Bonchev–Trinajstić information content (AvgIpc) is 3.19. The second-order valence-electron chi connectivity index (χ2n) is 5.03. The van der Waals surface area contributed by atoms with E-state index in [1.54, 1.807) is 16.7 Å². The lowest BCUT2D eigenvalue weighted by molar-refractivity contribution is 0.378. The summed E-state index contributed by atoms with van der Waals surface area (Å²) in [7, 11) is 0. The maximum Gasteiger partial charge on any atom is 0.343 e. The Morgan fingerprint density at radius 3 is 2.88 bits per heavy atom. The largest absolute Gasteiger partial charge is 0.343 e. The van der Waals surface area contributed by atoms with E-state index in [2.05, 4.69) is 20.3 Å². The Balaban J connectivity index is 1.52. The van der Waals surface area contributed by atoms with Crippen LogP contribution in [0.4, 0.5) is 0 Å². The molecule has 0 aliphatic carbocycles. The Morgan fingerprint density at radius 1 is 1.33 bits per heavy atom. The Kier molecular flexibility index (Phi) is 5.37. The fourth-order valence-corrected chi connectivity index (χ4v) is 3.23. The van der Waals surface area contributed by atoms with Crippen molar-refractivity contribution in [1.29, 1.82) is 0 Å². The maximum absolute atomic E-state index is 11.5. The molecule has 3 rings (SSSR count). The molecule has 0 spiro atoms. The molecule has 1 aromatic carbocycles. The second-order valence-corrected chi connectivity index (χ2v) is 6.52. The van der Waals surface area contributed by atoms with Gasteiger partial charge in [0, 0.05) is 29.3 Å². The van der Waals surface area contributed by atoms with E-state index < -0.39 is 0 Å². The van der Waals surface area contributed by atoms with Crippen LogP contribution in [0.15, 0.2) is 38.7 Å². The van der Waals surface area contributed by atoms with Crippen LogP contribution in [0.2, 0.25) is 5.02 Å². The molecule has 24 heavy (non-hydrogen) atoms. The molecule has 1 N–H and O–H groups in total. The lowest BCUT2D eigenvalue weighted by atomic mass is 10.2. The minimum atomic E-state index is -0.176. The molecule has 2 heterocycles. The third-order valence-corrected chi connectivity index (χ3v) is 4.69. The highest BCUT2D eigenvalue weighted by molar-refractivity contribution is 7.99. The van der Waals surface area contributed by atoms with E-state index in [-0.39, 0.29) is 5.69 Å². The number of hydrogen-bond acceptors (Lipinski definition) is 6. The van der Waals surface area contributed by atoms with Crippen molar-refractivity contribution in [3.05, 3.63) is 45.7 Å². The van der Waals surface area contributed by atoms with Gasteiger partial charge in [-0.1, -0.05) is 28.5 Å². The first-order chi connectivity index (χ1) is 11.7. The molecule has 0 aliphatic rings. The lowest BCUT2D eigenvalue weighted by Crippen LogP contribution is -2.16. The Hall–Kier alpha value is -2.06. The monoisotopic (exact) mass is 365 g/mol. The van der Waals surface area contributed by atoms with E-state index in [0.717, 1.165) is 17.7 Å². The van der Waals surface area contributed by atoms with E-state index in [0.29, 0.717) is 34.9 Å². The predicted molar refractivity (Wildman–Crippen MR) is 92.3 cm³/mol. The van der Waals surface area contributed by atoms with Crippen LogP contribution in [0.3, 0.4) is 0 Å². The van der Waals surface area contributed by atoms with Crippen molar-refractivity contribution in [3.8, 4) is 11.4 Å². The number of aryl methyl sites for hydroxylation is 1. The Bertz CT molecular complexity index is 855. The van der Waals surface area contributed by atoms with Gasteiger partial charge in [0.2, 0.25) is 11.7 Å². The first kappa shape index (κ1) is 16.8. The fourth-order valence-electron chi connectivity index (χ4n) is 2.15. The number of aromatic nitrogens is 5. The van der Waals surface area contributed by atoms with Crippen LogP contribution in [0.5, 0.6) is 0 Å². The van der Waals surface area contributed by atoms with Crippen molar-refractivity contribution in [1.82, 2.24) is 24.9 Å². The summed E-state index contributed by atoms with van der Waals surface area (Å²) in [6.45, 7) is 2.52. The molecule has 0 saturated heterocycles. The number of hydrogen-bond donors (Lipinski definition) is 1. The fraction of sp³-hybridized carbons (Fsp3) is 0.333. The van der Waals surface area contributed by atoms with E-state index in [1.165, 1.54) is 11.8 Å². The molecule has 0 saturated carbocycles. The molecular weight excluding hydrogens is 350 g/mol. The summed E-state index contributed by atoms with van der Waals surface area (Å²) in [5, 5.41) is 11.8. The summed E-state index contributed by atoms with van der Waals surface area (Å²) < 4.78 is 6.88. The van der Waals surface area contributed by atoms with Crippen molar-refractivity contribution in [2.45, 2.75) is 31.5 Å². The van der Waals surface area contributed by atoms with Gasteiger partial charge in [-0.05, 0) is 37.6 Å². The first-order valence-electron chi connectivity index (χ1n) is 7.54. The van der Waals surface area contributed by atoms with Crippen LogP contribution in [-0.2, 0) is 13.0 Å². The number of H-pyrrole nitrogens is 1. The summed E-state index contributed by atoms with van der Waals surface area (Å²) in [5.41, 5.74) is 0.691. The molecule has 0 fully saturated rings. The number of thioether (sulfide) groups is 1. The summed E-state index contributed by atoms with van der Waals surface area (Å²) >= 11 is 7.40. The zero-order valence-electron chi connectivity index (χ0n) is 13.0. The molecule has 2 aromatic heterocycles. The standard InChI is InChI=1S/C15H16ClN5O2S/c1-2-21-14(22)18-19-15(21)24-9-3-4-12-17-13(20-23-12)10-5-7-11(16)8-6-10/h5-8H,2-4,9H2,1H3,(H,18,22). The number of aromatic amines is 1. The van der Waals surface area contributed by atoms with Gasteiger partial charge < -0.3 is 4.52 Å². The molecule has 0 unspecified atom stereocenters. The van der Waals surface area contributed by atoms with E-state index >= 15 is 0 Å². The predicted octanol–water partition coefficient (Wildman–Crippen LogP) is 3.02. The van der Waals surface area contributed by atoms with Crippen LogP contribution in [0, 0.1) is 0 Å². The molecule has 0 amide bonds. The lowest BCUT2D eigenvalue weighted by Gasteiger charge is -2.00. The van der Waals surface area contributed by atoms with Gasteiger partial charge in [-0.2, -0.15) is 4.98 Å². The minimum absolute atomic E-state index is 0.176. The van der Waals surface area contributed by atoms with Crippen LogP contribution in [-0.4, -0.2) is 30.7 Å². The second kappa shape index (κ2) is 7.67. The molecule has 9 heteroatoms. The number of rotatable bonds is 7. The van der Waals surface area contributed by atoms with E-state index in [9.17, 15) is 4.79 Å². The zero-order chi connectivity index (χ0) is 16.9. The Labute approximate surface area is 147 Å². The quantitative estimate of drug-likeness (QED) is 0.511. The molecule has 0 bridgehead atoms. The highest BCUT2D eigenvalue weighted by Gasteiger charge is 2.10. The molecule has 126 valence electrons. The number of benzene rings is 1. The third-order valence-electron chi connectivity index (χ3n) is 3.38. The van der Waals surface area contributed by atoms with Gasteiger partial charge in [0.05, 0.1) is 0 Å². The highest BCUT2D eigenvalue weighted by atomic mass is 35.5. The summed E-state index contributed by atoms with van der Waals surface area (Å²) in [6.07, 6.45) is 1.52. The van der Waals surface area contributed by atoms with Crippen LogP contribution in [0.25, 0.3) is 11.4 Å². The average molecular weight is 366 g/mol. The number of nitrogens with one attached hydrogen (secondary N) is 1.